The van der Waals surface area contributed by atoms with Gasteiger partial charge in [-0.1, -0.05) is 19.8 Å². The lowest BCUT2D eigenvalue weighted by Crippen LogP contribution is -2.46. The Labute approximate surface area is 103 Å². The summed E-state index contributed by atoms with van der Waals surface area (Å²) < 4.78 is 4.72. The Morgan fingerprint density at radius 3 is 2.41 bits per heavy atom. The Morgan fingerprint density at radius 1 is 1.41 bits per heavy atom. The molecule has 0 heterocycles. The number of rotatable bonds is 8. The highest BCUT2D eigenvalue weighted by molar-refractivity contribution is 5.80. The number of esters is 1. The largest absolute Gasteiger partial charge is 0.468 e. The molecule has 3 N–H and O–H groups in total. The van der Waals surface area contributed by atoms with Crippen LogP contribution in [0.15, 0.2) is 0 Å². The van der Waals surface area contributed by atoms with Crippen LogP contribution in [0.5, 0.6) is 0 Å². The molecule has 1 atom stereocenters. The van der Waals surface area contributed by atoms with Gasteiger partial charge in [-0.25, -0.2) is 0 Å². The lowest BCUT2D eigenvalue weighted by Gasteiger charge is -2.24. The van der Waals surface area contributed by atoms with Crippen LogP contribution in [0.3, 0.4) is 0 Å². The van der Waals surface area contributed by atoms with Crippen LogP contribution in [-0.2, 0) is 14.3 Å². The minimum absolute atomic E-state index is 0.293. The van der Waals surface area contributed by atoms with Gasteiger partial charge in [0.25, 0.3) is 0 Å². The number of ether oxygens (including phenoxy) is 1. The van der Waals surface area contributed by atoms with Crippen molar-refractivity contribution in [3.05, 3.63) is 0 Å². The normalized spacial score (nSPS) is 13.2. The zero-order valence-electron chi connectivity index (χ0n) is 11.2. The van der Waals surface area contributed by atoms with Crippen LogP contribution in [0.25, 0.3) is 0 Å². The summed E-state index contributed by atoms with van der Waals surface area (Å²) in [4.78, 5) is 22.7. The minimum Gasteiger partial charge on any atom is -0.468 e. The topological polar surface area (TPSA) is 81.4 Å². The van der Waals surface area contributed by atoms with Crippen LogP contribution in [0, 0.1) is 5.41 Å². The second-order valence-electron chi connectivity index (χ2n) is 4.85. The molecule has 0 aromatic heterocycles. The first-order valence-corrected chi connectivity index (χ1v) is 5.96. The number of nitrogens with two attached hydrogens (primary N) is 1. The summed E-state index contributed by atoms with van der Waals surface area (Å²) in [5.74, 6) is -0.678. The highest BCUT2D eigenvalue weighted by Gasteiger charge is 2.27. The third-order valence-corrected chi connectivity index (χ3v) is 2.79. The summed E-state index contributed by atoms with van der Waals surface area (Å²) in [6.07, 6.45) is 2.65. The van der Waals surface area contributed by atoms with Crippen molar-refractivity contribution in [3.63, 3.8) is 0 Å². The molecule has 0 aromatic rings. The van der Waals surface area contributed by atoms with Crippen molar-refractivity contribution in [2.24, 2.45) is 11.1 Å². The fraction of sp³-hybridized carbons (Fsp3) is 0.833. The maximum Gasteiger partial charge on any atom is 0.322 e. The van der Waals surface area contributed by atoms with Crippen LogP contribution in [0.4, 0.5) is 0 Å². The molecule has 0 aliphatic heterocycles. The van der Waals surface area contributed by atoms with E-state index in [1.165, 1.54) is 7.11 Å². The third-order valence-electron chi connectivity index (χ3n) is 2.79. The molecule has 1 unspecified atom stereocenters. The number of carbonyl (C=O) groups is 2. The smallest absolute Gasteiger partial charge is 0.322 e. The lowest BCUT2D eigenvalue weighted by atomic mass is 9.92. The molecule has 100 valence electrons. The Kier molecular flexibility index (Phi) is 6.80. The number of amides is 1. The highest BCUT2D eigenvalue weighted by Crippen LogP contribution is 2.13. The second kappa shape index (κ2) is 7.27. The molecule has 1 amide bonds. The van der Waals surface area contributed by atoms with Crippen LogP contribution in [0.2, 0.25) is 0 Å². The highest BCUT2D eigenvalue weighted by atomic mass is 16.5. The van der Waals surface area contributed by atoms with Gasteiger partial charge in [0.15, 0.2) is 0 Å². The van der Waals surface area contributed by atoms with Gasteiger partial charge >= 0.3 is 5.97 Å². The average Bonchev–Trinajstić information content (AvgIpc) is 2.28. The van der Waals surface area contributed by atoms with Crippen molar-refractivity contribution in [1.82, 2.24) is 5.32 Å². The van der Waals surface area contributed by atoms with Gasteiger partial charge in [0.1, 0.15) is 6.04 Å². The fourth-order valence-corrected chi connectivity index (χ4v) is 1.32. The van der Waals surface area contributed by atoms with E-state index < -0.39 is 5.41 Å². The first-order valence-electron chi connectivity index (χ1n) is 5.96. The van der Waals surface area contributed by atoms with Crippen molar-refractivity contribution < 1.29 is 14.3 Å². The summed E-state index contributed by atoms with van der Waals surface area (Å²) >= 11 is 0. The van der Waals surface area contributed by atoms with Crippen LogP contribution < -0.4 is 11.1 Å². The predicted octanol–water partition coefficient (Wildman–Crippen LogP) is 0.819. The van der Waals surface area contributed by atoms with Gasteiger partial charge in [0, 0.05) is 6.54 Å². The van der Waals surface area contributed by atoms with Crippen molar-refractivity contribution in [2.45, 2.75) is 46.1 Å². The third kappa shape index (κ3) is 5.68. The van der Waals surface area contributed by atoms with Gasteiger partial charge in [0.05, 0.1) is 12.5 Å². The number of hydrogen-bond acceptors (Lipinski definition) is 4. The van der Waals surface area contributed by atoms with E-state index in [-0.39, 0.29) is 17.9 Å². The Morgan fingerprint density at radius 2 is 2.00 bits per heavy atom. The zero-order chi connectivity index (χ0) is 13.5. The molecule has 0 saturated carbocycles. The molecule has 0 spiro atoms. The summed E-state index contributed by atoms with van der Waals surface area (Å²) in [6, 6.07) is -0.362. The molecule has 0 rings (SSSR count). The van der Waals surface area contributed by atoms with Gasteiger partial charge < -0.3 is 15.8 Å². The van der Waals surface area contributed by atoms with E-state index in [2.05, 4.69) is 12.2 Å². The summed E-state index contributed by atoms with van der Waals surface area (Å²) in [7, 11) is 1.36. The van der Waals surface area contributed by atoms with Gasteiger partial charge in [-0.3, -0.25) is 9.59 Å². The van der Waals surface area contributed by atoms with E-state index in [0.717, 1.165) is 12.8 Å². The van der Waals surface area contributed by atoms with Gasteiger partial charge in [-0.05, 0) is 20.3 Å². The Balaban J connectivity index is 4.34. The lowest BCUT2D eigenvalue weighted by molar-refractivity contribution is -0.143. The molecule has 0 fully saturated rings. The van der Waals surface area contributed by atoms with Crippen molar-refractivity contribution >= 4 is 11.9 Å². The molecule has 17 heavy (non-hydrogen) atoms. The van der Waals surface area contributed by atoms with Crippen molar-refractivity contribution in [1.29, 1.82) is 0 Å². The standard InChI is InChI=1S/C12H24N2O3/c1-5-6-7-9(10(15)17-4)14-8-12(2,3)11(13)16/h9,14H,5-8H2,1-4H3,(H2,13,16). The SMILES string of the molecule is CCCCC(NCC(C)(C)C(N)=O)C(=O)OC. The quantitative estimate of drug-likeness (QED) is 0.619. The number of unbranched alkanes of at least 4 members (excludes halogenated alkanes) is 1. The van der Waals surface area contributed by atoms with Crippen LogP contribution in [-0.4, -0.2) is 31.6 Å². The van der Waals surface area contributed by atoms with E-state index in [9.17, 15) is 9.59 Å². The van der Waals surface area contributed by atoms with E-state index in [0.29, 0.717) is 13.0 Å². The van der Waals surface area contributed by atoms with Crippen molar-refractivity contribution in [2.75, 3.05) is 13.7 Å². The van der Waals surface area contributed by atoms with Crippen LogP contribution in [0.1, 0.15) is 40.0 Å². The van der Waals surface area contributed by atoms with E-state index in [1.54, 1.807) is 13.8 Å². The molecule has 0 bridgehead atoms. The number of methoxy groups -OCH3 is 1. The van der Waals surface area contributed by atoms with E-state index in [4.69, 9.17) is 10.5 Å². The summed E-state index contributed by atoms with van der Waals surface area (Å²) in [6.45, 7) is 5.92. The van der Waals surface area contributed by atoms with E-state index >= 15 is 0 Å². The Hall–Kier alpha value is -1.10. The second-order valence-corrected chi connectivity index (χ2v) is 4.85. The molecule has 5 heteroatoms. The molecule has 0 aliphatic carbocycles. The summed E-state index contributed by atoms with van der Waals surface area (Å²) in [5, 5.41) is 3.05. The predicted molar refractivity (Wildman–Crippen MR) is 66.3 cm³/mol. The average molecular weight is 244 g/mol. The molecule has 0 radical (unpaired) electrons. The van der Waals surface area contributed by atoms with Gasteiger partial charge in [-0.2, -0.15) is 0 Å². The molecule has 0 aliphatic rings. The number of carbonyl (C=O) groups excluding carboxylic acids is 2. The van der Waals surface area contributed by atoms with Crippen LogP contribution >= 0.6 is 0 Å². The molecule has 5 nitrogen and oxygen atoms in total. The molecule has 0 saturated heterocycles. The Bertz CT molecular complexity index is 264. The van der Waals surface area contributed by atoms with E-state index in [1.807, 2.05) is 0 Å². The maximum absolute atomic E-state index is 11.5. The number of primary amides is 1. The first kappa shape index (κ1) is 15.9. The number of nitrogens with one attached hydrogen (secondary N) is 1. The van der Waals surface area contributed by atoms with Gasteiger partial charge in [-0.15, -0.1) is 0 Å². The fourth-order valence-electron chi connectivity index (χ4n) is 1.32. The van der Waals surface area contributed by atoms with Crippen molar-refractivity contribution in [3.8, 4) is 0 Å². The molecule has 0 aromatic carbocycles. The first-order chi connectivity index (χ1) is 7.85. The minimum atomic E-state index is -0.668. The maximum atomic E-state index is 11.5. The molecular formula is C12H24N2O3. The summed E-state index contributed by atoms with van der Waals surface area (Å²) in [5.41, 5.74) is 4.60. The molecular weight excluding hydrogens is 220 g/mol. The van der Waals surface area contributed by atoms with Gasteiger partial charge in [0.2, 0.25) is 5.91 Å². The monoisotopic (exact) mass is 244 g/mol. The zero-order valence-corrected chi connectivity index (χ0v) is 11.2. The number of hydrogen-bond donors (Lipinski definition) is 2.